The van der Waals surface area contributed by atoms with Gasteiger partial charge in [0.25, 0.3) is 0 Å². The van der Waals surface area contributed by atoms with Crippen molar-refractivity contribution in [2.24, 2.45) is 5.73 Å². The highest BCUT2D eigenvalue weighted by Crippen LogP contribution is 2.33. The molecule has 4 nitrogen and oxygen atoms in total. The van der Waals surface area contributed by atoms with Gasteiger partial charge in [0.15, 0.2) is 0 Å². The number of rotatable bonds is 5. The number of hydrogen-bond donors (Lipinski definition) is 1. The van der Waals surface area contributed by atoms with E-state index in [9.17, 15) is 4.79 Å². The SMILES string of the molecule is C[C@H](N)C(=O)N1CCC(N(Cc2ccccc2)C2CC2)C1. The molecule has 1 aromatic rings. The molecule has 0 radical (unpaired) electrons. The van der Waals surface area contributed by atoms with Gasteiger partial charge in [-0.3, -0.25) is 9.69 Å². The van der Waals surface area contributed by atoms with Crippen LogP contribution < -0.4 is 5.73 Å². The van der Waals surface area contributed by atoms with Crippen LogP contribution in [-0.2, 0) is 11.3 Å². The highest BCUT2D eigenvalue weighted by Gasteiger charge is 2.38. The molecule has 4 heteroatoms. The van der Waals surface area contributed by atoms with Crippen LogP contribution in [0.1, 0.15) is 31.7 Å². The number of carbonyl (C=O) groups excluding carboxylic acids is 1. The Balaban J connectivity index is 1.64. The predicted molar refractivity (Wildman–Crippen MR) is 83.6 cm³/mol. The van der Waals surface area contributed by atoms with E-state index in [1.165, 1.54) is 18.4 Å². The summed E-state index contributed by atoms with van der Waals surface area (Å²) in [6.45, 7) is 4.46. The quantitative estimate of drug-likeness (QED) is 0.895. The number of amides is 1. The molecule has 1 heterocycles. The van der Waals surface area contributed by atoms with Gasteiger partial charge in [0.2, 0.25) is 5.91 Å². The van der Waals surface area contributed by atoms with Crippen LogP contribution in [0.3, 0.4) is 0 Å². The third-order valence-electron chi connectivity index (χ3n) is 4.56. The summed E-state index contributed by atoms with van der Waals surface area (Å²) in [6.07, 6.45) is 3.66. The monoisotopic (exact) mass is 287 g/mol. The maximum absolute atomic E-state index is 12.0. The van der Waals surface area contributed by atoms with E-state index < -0.39 is 0 Å². The topological polar surface area (TPSA) is 49.6 Å². The Kier molecular flexibility index (Phi) is 4.27. The zero-order valence-corrected chi connectivity index (χ0v) is 12.7. The molecule has 1 unspecified atom stereocenters. The maximum Gasteiger partial charge on any atom is 0.239 e. The fourth-order valence-corrected chi connectivity index (χ4v) is 3.26. The largest absolute Gasteiger partial charge is 0.340 e. The molecule has 0 spiro atoms. The molecule has 1 aromatic carbocycles. The van der Waals surface area contributed by atoms with E-state index >= 15 is 0 Å². The minimum absolute atomic E-state index is 0.0907. The average Bonchev–Trinajstić information content (AvgIpc) is 3.22. The predicted octanol–water partition coefficient (Wildman–Crippen LogP) is 1.60. The highest BCUT2D eigenvalue weighted by molar-refractivity contribution is 5.81. The van der Waals surface area contributed by atoms with E-state index in [2.05, 4.69) is 35.2 Å². The number of benzene rings is 1. The summed E-state index contributed by atoms with van der Waals surface area (Å²) in [5.41, 5.74) is 7.09. The minimum Gasteiger partial charge on any atom is -0.340 e. The molecule has 2 fully saturated rings. The van der Waals surface area contributed by atoms with Crippen molar-refractivity contribution < 1.29 is 4.79 Å². The highest BCUT2D eigenvalue weighted by atomic mass is 16.2. The Labute approximate surface area is 126 Å². The van der Waals surface area contributed by atoms with Crippen molar-refractivity contribution in [1.82, 2.24) is 9.80 Å². The van der Waals surface area contributed by atoms with Crippen LogP contribution in [0.4, 0.5) is 0 Å². The van der Waals surface area contributed by atoms with Crippen molar-refractivity contribution in [2.45, 2.75) is 50.9 Å². The number of hydrogen-bond acceptors (Lipinski definition) is 3. The summed E-state index contributed by atoms with van der Waals surface area (Å²) < 4.78 is 0. The molecule has 21 heavy (non-hydrogen) atoms. The van der Waals surface area contributed by atoms with E-state index in [4.69, 9.17) is 5.73 Å². The Morgan fingerprint density at radius 3 is 2.62 bits per heavy atom. The van der Waals surface area contributed by atoms with Gasteiger partial charge in [-0.25, -0.2) is 0 Å². The normalized spacial score (nSPS) is 23.6. The van der Waals surface area contributed by atoms with Crippen molar-refractivity contribution >= 4 is 5.91 Å². The lowest BCUT2D eigenvalue weighted by atomic mass is 10.1. The van der Waals surface area contributed by atoms with Crippen molar-refractivity contribution in [3.05, 3.63) is 35.9 Å². The number of likely N-dealkylation sites (tertiary alicyclic amines) is 1. The first-order valence-corrected chi connectivity index (χ1v) is 7.99. The molecule has 3 rings (SSSR count). The van der Waals surface area contributed by atoms with Crippen molar-refractivity contribution in [3.8, 4) is 0 Å². The third kappa shape index (κ3) is 3.44. The zero-order chi connectivity index (χ0) is 14.8. The minimum atomic E-state index is -0.382. The molecule has 0 aromatic heterocycles. The molecule has 1 saturated carbocycles. The van der Waals surface area contributed by atoms with Crippen LogP contribution in [0.5, 0.6) is 0 Å². The van der Waals surface area contributed by atoms with Gasteiger partial charge in [-0.05, 0) is 31.7 Å². The first-order chi connectivity index (χ1) is 10.1. The third-order valence-corrected chi connectivity index (χ3v) is 4.56. The van der Waals surface area contributed by atoms with E-state index in [-0.39, 0.29) is 11.9 Å². The van der Waals surface area contributed by atoms with E-state index in [1.54, 1.807) is 6.92 Å². The van der Waals surface area contributed by atoms with E-state index in [0.717, 1.165) is 26.1 Å². The standard InChI is InChI=1S/C17H25N3O/c1-13(18)17(21)19-10-9-16(12-19)20(15-7-8-15)11-14-5-3-2-4-6-14/h2-6,13,15-16H,7-12,18H2,1H3/t13-,16?/m0/s1. The van der Waals surface area contributed by atoms with Gasteiger partial charge in [0.1, 0.15) is 0 Å². The Morgan fingerprint density at radius 1 is 1.29 bits per heavy atom. The number of nitrogens with zero attached hydrogens (tertiary/aromatic N) is 2. The molecule has 114 valence electrons. The van der Waals surface area contributed by atoms with Crippen LogP contribution in [0.25, 0.3) is 0 Å². The summed E-state index contributed by atoms with van der Waals surface area (Å²) in [5, 5.41) is 0. The van der Waals surface area contributed by atoms with Gasteiger partial charge in [-0.2, -0.15) is 0 Å². The van der Waals surface area contributed by atoms with Gasteiger partial charge >= 0.3 is 0 Å². The summed E-state index contributed by atoms with van der Waals surface area (Å²) in [6, 6.07) is 11.4. The second-order valence-electron chi connectivity index (χ2n) is 6.40. The Hall–Kier alpha value is -1.39. The summed E-state index contributed by atoms with van der Waals surface area (Å²) in [5.74, 6) is 0.0907. The summed E-state index contributed by atoms with van der Waals surface area (Å²) >= 11 is 0. The lowest BCUT2D eigenvalue weighted by Gasteiger charge is -2.29. The van der Waals surface area contributed by atoms with Crippen LogP contribution in [0, 0.1) is 0 Å². The second-order valence-corrected chi connectivity index (χ2v) is 6.40. The van der Waals surface area contributed by atoms with Gasteiger partial charge in [-0.15, -0.1) is 0 Å². The summed E-state index contributed by atoms with van der Waals surface area (Å²) in [7, 11) is 0. The van der Waals surface area contributed by atoms with Crippen LogP contribution in [0.2, 0.25) is 0 Å². The zero-order valence-electron chi connectivity index (χ0n) is 12.7. The van der Waals surface area contributed by atoms with E-state index in [1.807, 2.05) is 4.90 Å². The van der Waals surface area contributed by atoms with Gasteiger partial charge in [-0.1, -0.05) is 30.3 Å². The first-order valence-electron chi connectivity index (χ1n) is 7.99. The molecule has 1 aliphatic carbocycles. The second kappa shape index (κ2) is 6.16. The fraction of sp³-hybridized carbons (Fsp3) is 0.588. The Bertz CT molecular complexity index is 484. The molecular weight excluding hydrogens is 262 g/mol. The van der Waals surface area contributed by atoms with Crippen LogP contribution >= 0.6 is 0 Å². The lowest BCUT2D eigenvalue weighted by molar-refractivity contribution is -0.131. The van der Waals surface area contributed by atoms with Crippen LogP contribution in [0.15, 0.2) is 30.3 Å². The average molecular weight is 287 g/mol. The van der Waals surface area contributed by atoms with Gasteiger partial charge in [0, 0.05) is 31.7 Å². The molecule has 2 atom stereocenters. The van der Waals surface area contributed by atoms with Gasteiger partial charge in [0.05, 0.1) is 6.04 Å². The Morgan fingerprint density at radius 2 is 2.00 bits per heavy atom. The molecule has 1 saturated heterocycles. The van der Waals surface area contributed by atoms with Crippen molar-refractivity contribution in [1.29, 1.82) is 0 Å². The fourth-order valence-electron chi connectivity index (χ4n) is 3.26. The molecule has 1 aliphatic heterocycles. The molecule has 2 N–H and O–H groups in total. The molecular formula is C17H25N3O. The molecule has 0 bridgehead atoms. The van der Waals surface area contributed by atoms with E-state index in [0.29, 0.717) is 12.1 Å². The molecule has 2 aliphatic rings. The van der Waals surface area contributed by atoms with Gasteiger partial charge < -0.3 is 10.6 Å². The van der Waals surface area contributed by atoms with Crippen molar-refractivity contribution in [2.75, 3.05) is 13.1 Å². The first kappa shape index (κ1) is 14.5. The van der Waals surface area contributed by atoms with Crippen LogP contribution in [-0.4, -0.2) is 46.9 Å². The smallest absolute Gasteiger partial charge is 0.239 e. The maximum atomic E-state index is 12.0. The summed E-state index contributed by atoms with van der Waals surface area (Å²) in [4.78, 5) is 16.6. The number of carbonyl (C=O) groups is 1. The lowest BCUT2D eigenvalue weighted by Crippen LogP contribution is -2.44. The number of nitrogens with two attached hydrogens (primary N) is 1. The van der Waals surface area contributed by atoms with Crippen molar-refractivity contribution in [3.63, 3.8) is 0 Å². The molecule has 1 amide bonds.